The standard InChI is InChI=1S/C30H26N4O4/c1-31(19-11-7-5-8-12-19)23-25(29(37)27(23)35)33(3)21-15-17-22(18-16-21)34(4)26-24(28(36)30(26)38)32(2)20-13-9-6-10-14-20/h5-18H,1-4H3. The van der Waals surface area contributed by atoms with E-state index in [1.54, 1.807) is 72.1 Å². The van der Waals surface area contributed by atoms with Gasteiger partial charge in [0.1, 0.15) is 22.7 Å². The molecule has 38 heavy (non-hydrogen) atoms. The summed E-state index contributed by atoms with van der Waals surface area (Å²) in [5.74, 6) is 0. The van der Waals surface area contributed by atoms with Crippen molar-refractivity contribution >= 4 is 45.5 Å². The second-order valence-corrected chi connectivity index (χ2v) is 9.13. The Morgan fingerprint density at radius 3 is 0.789 bits per heavy atom. The molecule has 0 aromatic heterocycles. The fourth-order valence-corrected chi connectivity index (χ4v) is 4.70. The largest absolute Gasteiger partial charge is 0.339 e. The van der Waals surface area contributed by atoms with Crippen LogP contribution in [0.2, 0.25) is 0 Å². The quantitative estimate of drug-likeness (QED) is 0.293. The molecule has 0 heterocycles. The molecule has 0 atom stereocenters. The molecule has 0 aliphatic carbocycles. The molecule has 0 aliphatic rings. The van der Waals surface area contributed by atoms with Gasteiger partial charge < -0.3 is 19.6 Å². The van der Waals surface area contributed by atoms with Gasteiger partial charge in [-0.25, -0.2) is 0 Å². The van der Waals surface area contributed by atoms with Gasteiger partial charge in [0.15, 0.2) is 0 Å². The highest BCUT2D eigenvalue weighted by molar-refractivity contribution is 5.86. The third-order valence-corrected chi connectivity index (χ3v) is 6.97. The first-order chi connectivity index (χ1) is 18.2. The first-order valence-corrected chi connectivity index (χ1v) is 12.0. The summed E-state index contributed by atoms with van der Waals surface area (Å²) in [5, 5.41) is 0. The van der Waals surface area contributed by atoms with Gasteiger partial charge in [-0.1, -0.05) is 36.4 Å². The lowest BCUT2D eigenvalue weighted by Gasteiger charge is -2.30. The van der Waals surface area contributed by atoms with Crippen LogP contribution < -0.4 is 41.3 Å². The van der Waals surface area contributed by atoms with Crippen molar-refractivity contribution in [3.8, 4) is 0 Å². The Labute approximate surface area is 219 Å². The highest BCUT2D eigenvalue weighted by Gasteiger charge is 2.30. The molecule has 190 valence electrons. The lowest BCUT2D eigenvalue weighted by molar-refractivity contribution is 1.09. The molecule has 0 spiro atoms. The van der Waals surface area contributed by atoms with Crippen LogP contribution in [-0.2, 0) is 0 Å². The van der Waals surface area contributed by atoms with Gasteiger partial charge in [-0.2, -0.15) is 0 Å². The number of hydrogen-bond acceptors (Lipinski definition) is 8. The predicted molar refractivity (Wildman–Crippen MR) is 154 cm³/mol. The van der Waals surface area contributed by atoms with Crippen LogP contribution in [0.25, 0.3) is 0 Å². The van der Waals surface area contributed by atoms with Gasteiger partial charge in [0.05, 0.1) is 0 Å². The third kappa shape index (κ3) is 3.87. The van der Waals surface area contributed by atoms with Crippen molar-refractivity contribution in [3.05, 3.63) is 126 Å². The van der Waals surface area contributed by atoms with Crippen LogP contribution in [0.3, 0.4) is 0 Å². The van der Waals surface area contributed by atoms with E-state index >= 15 is 0 Å². The first kappa shape index (κ1) is 24.7. The number of para-hydroxylation sites is 2. The monoisotopic (exact) mass is 506 g/mol. The van der Waals surface area contributed by atoms with Gasteiger partial charge in [-0.3, -0.25) is 19.2 Å². The summed E-state index contributed by atoms with van der Waals surface area (Å²) < 4.78 is 0. The summed E-state index contributed by atoms with van der Waals surface area (Å²) in [7, 11) is 6.99. The fourth-order valence-electron chi connectivity index (χ4n) is 4.70. The van der Waals surface area contributed by atoms with Crippen LogP contribution in [0.5, 0.6) is 0 Å². The van der Waals surface area contributed by atoms with Crippen LogP contribution in [0.15, 0.2) is 104 Å². The zero-order chi connectivity index (χ0) is 27.1. The van der Waals surface area contributed by atoms with Crippen LogP contribution in [0.1, 0.15) is 0 Å². The van der Waals surface area contributed by atoms with Crippen molar-refractivity contribution in [2.45, 2.75) is 0 Å². The SMILES string of the molecule is CN(c1ccccc1)c1c(N(C)c2ccc(N(C)c3c(N(C)c4ccccc4)c(=O)c3=O)cc2)c(=O)c1=O. The summed E-state index contributed by atoms with van der Waals surface area (Å²) in [6.07, 6.45) is 0. The molecular weight excluding hydrogens is 480 g/mol. The molecule has 0 saturated carbocycles. The Bertz CT molecular complexity index is 1620. The van der Waals surface area contributed by atoms with E-state index in [4.69, 9.17) is 0 Å². The molecule has 5 aromatic rings. The number of anilines is 8. The lowest BCUT2D eigenvalue weighted by Crippen LogP contribution is -2.42. The maximum Gasteiger partial charge on any atom is 0.253 e. The molecule has 5 rings (SSSR count). The van der Waals surface area contributed by atoms with Crippen molar-refractivity contribution < 1.29 is 0 Å². The molecule has 0 aliphatic heterocycles. The Balaban J connectivity index is 1.42. The molecule has 0 unspecified atom stereocenters. The van der Waals surface area contributed by atoms with Crippen molar-refractivity contribution in [2.75, 3.05) is 47.8 Å². The second kappa shape index (κ2) is 9.48. The maximum atomic E-state index is 12.6. The fraction of sp³-hybridized carbons (Fsp3) is 0.133. The van der Waals surface area contributed by atoms with Gasteiger partial charge in [-0.15, -0.1) is 0 Å². The zero-order valence-electron chi connectivity index (χ0n) is 21.5. The molecule has 0 amide bonds. The van der Waals surface area contributed by atoms with Crippen molar-refractivity contribution in [1.82, 2.24) is 0 Å². The third-order valence-electron chi connectivity index (χ3n) is 6.97. The van der Waals surface area contributed by atoms with Gasteiger partial charge in [0, 0.05) is 50.9 Å². The number of benzene rings is 3. The minimum Gasteiger partial charge on any atom is -0.339 e. The van der Waals surface area contributed by atoms with E-state index in [-0.39, 0.29) is 0 Å². The van der Waals surface area contributed by atoms with E-state index < -0.39 is 21.7 Å². The summed E-state index contributed by atoms with van der Waals surface area (Å²) in [4.78, 5) is 56.9. The molecule has 8 nitrogen and oxygen atoms in total. The minimum atomic E-state index is -0.538. The van der Waals surface area contributed by atoms with E-state index in [9.17, 15) is 19.2 Å². The number of nitrogens with zero attached hydrogens (tertiary/aromatic N) is 4. The smallest absolute Gasteiger partial charge is 0.253 e. The summed E-state index contributed by atoms with van der Waals surface area (Å²) >= 11 is 0. The molecular formula is C30H26N4O4. The Kier molecular flexibility index (Phi) is 6.16. The van der Waals surface area contributed by atoms with E-state index in [1.165, 1.54) is 0 Å². The maximum absolute atomic E-state index is 12.6. The molecule has 0 N–H and O–H groups in total. The Morgan fingerprint density at radius 1 is 0.342 bits per heavy atom. The summed E-state index contributed by atoms with van der Waals surface area (Å²) in [6.45, 7) is 0. The average Bonchev–Trinajstić information content (AvgIpc) is 2.97. The lowest BCUT2D eigenvalue weighted by atomic mass is 10.1. The van der Waals surface area contributed by atoms with Gasteiger partial charge >= 0.3 is 0 Å². The first-order valence-electron chi connectivity index (χ1n) is 12.0. The normalized spacial score (nSPS) is 11.1. The Hall–Kier alpha value is -4.98. The van der Waals surface area contributed by atoms with Crippen molar-refractivity contribution in [2.24, 2.45) is 0 Å². The van der Waals surface area contributed by atoms with E-state index in [0.717, 1.165) is 11.4 Å². The molecule has 0 radical (unpaired) electrons. The van der Waals surface area contributed by atoms with Crippen LogP contribution in [0, 0.1) is 0 Å². The molecule has 0 saturated heterocycles. The predicted octanol–water partition coefficient (Wildman–Crippen LogP) is 3.95. The number of hydrogen-bond donors (Lipinski definition) is 0. The minimum absolute atomic E-state index is 0.316. The Morgan fingerprint density at radius 2 is 0.553 bits per heavy atom. The van der Waals surface area contributed by atoms with Crippen LogP contribution in [-0.4, -0.2) is 28.2 Å². The van der Waals surface area contributed by atoms with Gasteiger partial charge in [0.2, 0.25) is 0 Å². The van der Waals surface area contributed by atoms with Crippen LogP contribution >= 0.6 is 0 Å². The topological polar surface area (TPSA) is 81.2 Å². The molecule has 0 bridgehead atoms. The molecule has 5 aromatic carbocycles. The molecule has 8 heteroatoms. The van der Waals surface area contributed by atoms with E-state index in [1.807, 2.05) is 60.7 Å². The highest BCUT2D eigenvalue weighted by atomic mass is 16.2. The zero-order valence-corrected chi connectivity index (χ0v) is 21.5. The van der Waals surface area contributed by atoms with E-state index in [2.05, 4.69) is 0 Å². The van der Waals surface area contributed by atoms with Crippen molar-refractivity contribution in [3.63, 3.8) is 0 Å². The van der Waals surface area contributed by atoms with Crippen LogP contribution in [0.4, 0.5) is 45.5 Å². The highest BCUT2D eigenvalue weighted by Crippen LogP contribution is 2.36. The van der Waals surface area contributed by atoms with Gasteiger partial charge in [-0.05, 0) is 48.5 Å². The average molecular weight is 507 g/mol. The summed E-state index contributed by atoms with van der Waals surface area (Å²) in [5.41, 5.74) is 2.18. The second-order valence-electron chi connectivity index (χ2n) is 9.13. The number of rotatable bonds is 8. The summed E-state index contributed by atoms with van der Waals surface area (Å²) in [6, 6.07) is 26.0. The van der Waals surface area contributed by atoms with Crippen molar-refractivity contribution in [1.29, 1.82) is 0 Å². The van der Waals surface area contributed by atoms with Gasteiger partial charge in [0.25, 0.3) is 21.7 Å². The molecule has 0 fully saturated rings. The van der Waals surface area contributed by atoms with E-state index in [0.29, 0.717) is 34.1 Å².